The van der Waals surface area contributed by atoms with Gasteiger partial charge in [0.05, 0.1) is 0 Å². The number of carbonyl (C=O) groups excluding carboxylic acids is 1. The molecule has 0 heterocycles. The van der Waals surface area contributed by atoms with Gasteiger partial charge >= 0.3 is 5.97 Å². The Bertz CT molecular complexity index is 396. The van der Waals surface area contributed by atoms with Crippen LogP contribution in [0.3, 0.4) is 0 Å². The first-order valence-corrected chi connectivity index (χ1v) is 7.77. The van der Waals surface area contributed by atoms with Crippen LogP contribution in [-0.4, -0.2) is 11.6 Å². The first kappa shape index (κ1) is 17.0. The molecule has 2 unspecified atom stereocenters. The number of rotatable bonds is 5. The van der Waals surface area contributed by atoms with Crippen LogP contribution >= 0.6 is 0 Å². The molecule has 0 bridgehead atoms. The van der Waals surface area contributed by atoms with Crippen molar-refractivity contribution in [2.24, 2.45) is 11.8 Å². The second-order valence-corrected chi connectivity index (χ2v) is 7.13. The van der Waals surface area contributed by atoms with E-state index in [9.17, 15) is 4.79 Å². The van der Waals surface area contributed by atoms with E-state index in [1.54, 1.807) is 0 Å². The standard InChI is InChI=1S/C18H30O2/c1-7-15(12-17(19)20-18(4,5)6)11-16-10-13(2)8-9-14(16)3/h8-9,15-16H,7,10-12H2,1-6H3. The molecular weight excluding hydrogens is 248 g/mol. The van der Waals surface area contributed by atoms with Gasteiger partial charge in [-0.1, -0.05) is 36.6 Å². The average molecular weight is 278 g/mol. The zero-order valence-corrected chi connectivity index (χ0v) is 14.0. The third-order valence-electron chi connectivity index (χ3n) is 3.91. The lowest BCUT2D eigenvalue weighted by Crippen LogP contribution is -2.26. The summed E-state index contributed by atoms with van der Waals surface area (Å²) in [5, 5.41) is 0. The van der Waals surface area contributed by atoms with E-state index in [1.807, 2.05) is 20.8 Å². The Labute approximate surface area is 124 Å². The van der Waals surface area contributed by atoms with Crippen molar-refractivity contribution in [3.8, 4) is 0 Å². The van der Waals surface area contributed by atoms with Gasteiger partial charge in [0.2, 0.25) is 0 Å². The van der Waals surface area contributed by atoms with Crippen LogP contribution in [-0.2, 0) is 9.53 Å². The molecule has 0 aromatic rings. The topological polar surface area (TPSA) is 26.3 Å². The summed E-state index contributed by atoms with van der Waals surface area (Å²) >= 11 is 0. The maximum Gasteiger partial charge on any atom is 0.306 e. The molecule has 0 amide bonds. The van der Waals surface area contributed by atoms with E-state index in [0.717, 1.165) is 19.3 Å². The Morgan fingerprint density at radius 3 is 2.55 bits per heavy atom. The van der Waals surface area contributed by atoms with Gasteiger partial charge in [-0.15, -0.1) is 0 Å². The Morgan fingerprint density at radius 2 is 2.00 bits per heavy atom. The van der Waals surface area contributed by atoms with Crippen molar-refractivity contribution in [1.82, 2.24) is 0 Å². The maximum absolute atomic E-state index is 12.0. The van der Waals surface area contributed by atoms with Gasteiger partial charge in [0, 0.05) is 6.42 Å². The lowest BCUT2D eigenvalue weighted by Gasteiger charge is -2.27. The predicted octanol–water partition coefficient (Wildman–Crippen LogP) is 5.05. The van der Waals surface area contributed by atoms with Gasteiger partial charge in [0.1, 0.15) is 5.60 Å². The number of hydrogen-bond donors (Lipinski definition) is 0. The fourth-order valence-corrected chi connectivity index (χ4v) is 2.71. The van der Waals surface area contributed by atoms with Crippen LogP contribution in [0.2, 0.25) is 0 Å². The van der Waals surface area contributed by atoms with Gasteiger partial charge in [-0.25, -0.2) is 0 Å². The fourth-order valence-electron chi connectivity index (χ4n) is 2.71. The maximum atomic E-state index is 12.0. The summed E-state index contributed by atoms with van der Waals surface area (Å²) in [5.74, 6) is 0.950. The van der Waals surface area contributed by atoms with Crippen LogP contribution in [0.15, 0.2) is 23.3 Å². The summed E-state index contributed by atoms with van der Waals surface area (Å²) in [7, 11) is 0. The van der Waals surface area contributed by atoms with E-state index in [1.165, 1.54) is 11.1 Å². The fraction of sp³-hybridized carbons (Fsp3) is 0.722. The molecule has 20 heavy (non-hydrogen) atoms. The highest BCUT2D eigenvalue weighted by atomic mass is 16.6. The average Bonchev–Trinajstić information content (AvgIpc) is 2.30. The van der Waals surface area contributed by atoms with Gasteiger partial charge in [-0.2, -0.15) is 0 Å². The van der Waals surface area contributed by atoms with Crippen LogP contribution in [0, 0.1) is 11.8 Å². The van der Waals surface area contributed by atoms with Crippen LogP contribution < -0.4 is 0 Å². The quantitative estimate of drug-likeness (QED) is 0.658. The minimum Gasteiger partial charge on any atom is -0.460 e. The molecule has 0 radical (unpaired) electrons. The minimum absolute atomic E-state index is 0.0611. The zero-order chi connectivity index (χ0) is 15.3. The highest BCUT2D eigenvalue weighted by Crippen LogP contribution is 2.32. The molecule has 0 saturated carbocycles. The second kappa shape index (κ2) is 7.10. The van der Waals surface area contributed by atoms with Crippen molar-refractivity contribution in [3.63, 3.8) is 0 Å². The van der Waals surface area contributed by atoms with E-state index in [-0.39, 0.29) is 11.6 Å². The smallest absolute Gasteiger partial charge is 0.306 e. The Balaban J connectivity index is 2.54. The number of carbonyl (C=O) groups is 1. The normalized spacial score (nSPS) is 21.0. The lowest BCUT2D eigenvalue weighted by atomic mass is 9.80. The second-order valence-electron chi connectivity index (χ2n) is 7.13. The van der Waals surface area contributed by atoms with Gasteiger partial charge < -0.3 is 4.74 Å². The van der Waals surface area contributed by atoms with Crippen LogP contribution in [0.1, 0.15) is 67.2 Å². The summed E-state index contributed by atoms with van der Waals surface area (Å²) in [5.41, 5.74) is 2.50. The molecule has 0 saturated heterocycles. The highest BCUT2D eigenvalue weighted by Gasteiger charge is 2.23. The third-order valence-corrected chi connectivity index (χ3v) is 3.91. The summed E-state index contributed by atoms with van der Waals surface area (Å²) in [6.07, 6.45) is 8.23. The summed E-state index contributed by atoms with van der Waals surface area (Å²) < 4.78 is 5.44. The first-order valence-electron chi connectivity index (χ1n) is 7.77. The molecule has 0 fully saturated rings. The molecule has 2 atom stereocenters. The molecule has 2 nitrogen and oxygen atoms in total. The summed E-state index contributed by atoms with van der Waals surface area (Å²) in [6.45, 7) is 12.3. The molecule has 0 spiro atoms. The lowest BCUT2D eigenvalue weighted by molar-refractivity contribution is -0.156. The molecule has 114 valence electrons. The Kier molecular flexibility index (Phi) is 6.04. The number of allylic oxidation sites excluding steroid dienone is 4. The van der Waals surface area contributed by atoms with Crippen molar-refractivity contribution in [2.45, 2.75) is 72.8 Å². The van der Waals surface area contributed by atoms with Crippen LogP contribution in [0.25, 0.3) is 0 Å². The molecule has 0 aromatic heterocycles. The number of hydrogen-bond acceptors (Lipinski definition) is 2. The molecule has 0 N–H and O–H groups in total. The van der Waals surface area contributed by atoms with Crippen molar-refractivity contribution in [1.29, 1.82) is 0 Å². The van der Waals surface area contributed by atoms with E-state index < -0.39 is 0 Å². The highest BCUT2D eigenvalue weighted by molar-refractivity contribution is 5.70. The van der Waals surface area contributed by atoms with Gasteiger partial charge in [-0.05, 0) is 59.3 Å². The van der Waals surface area contributed by atoms with Gasteiger partial charge in [-0.3, -0.25) is 4.79 Å². The molecule has 1 aliphatic rings. The Hall–Kier alpha value is -1.05. The van der Waals surface area contributed by atoms with Crippen molar-refractivity contribution in [3.05, 3.63) is 23.3 Å². The SMILES string of the molecule is CCC(CC(=O)OC(C)(C)C)CC1CC(C)=CC=C1C. The van der Waals surface area contributed by atoms with E-state index in [2.05, 4.69) is 32.9 Å². The van der Waals surface area contributed by atoms with Crippen molar-refractivity contribution in [2.75, 3.05) is 0 Å². The number of esters is 1. The van der Waals surface area contributed by atoms with Gasteiger partial charge in [0.25, 0.3) is 0 Å². The molecule has 2 heteroatoms. The summed E-state index contributed by atoms with van der Waals surface area (Å²) in [4.78, 5) is 12.0. The third kappa shape index (κ3) is 5.94. The molecule has 0 aliphatic heterocycles. The molecule has 0 aromatic carbocycles. The van der Waals surface area contributed by atoms with E-state index in [4.69, 9.17) is 4.74 Å². The monoisotopic (exact) mass is 278 g/mol. The predicted molar refractivity (Wildman–Crippen MR) is 84.5 cm³/mol. The summed E-state index contributed by atoms with van der Waals surface area (Å²) in [6, 6.07) is 0. The van der Waals surface area contributed by atoms with E-state index in [0.29, 0.717) is 18.3 Å². The minimum atomic E-state index is -0.380. The molecule has 1 aliphatic carbocycles. The van der Waals surface area contributed by atoms with Crippen molar-refractivity contribution < 1.29 is 9.53 Å². The zero-order valence-electron chi connectivity index (χ0n) is 14.0. The van der Waals surface area contributed by atoms with Crippen LogP contribution in [0.5, 0.6) is 0 Å². The largest absolute Gasteiger partial charge is 0.460 e. The first-order chi connectivity index (χ1) is 9.21. The van der Waals surface area contributed by atoms with Crippen LogP contribution in [0.4, 0.5) is 0 Å². The van der Waals surface area contributed by atoms with Gasteiger partial charge in [0.15, 0.2) is 0 Å². The van der Waals surface area contributed by atoms with Crippen molar-refractivity contribution >= 4 is 5.97 Å². The molecular formula is C18H30O2. The Morgan fingerprint density at radius 1 is 1.35 bits per heavy atom. The van der Waals surface area contributed by atoms with E-state index >= 15 is 0 Å². The number of ether oxygens (including phenoxy) is 1. The molecule has 1 rings (SSSR count).